The first-order chi connectivity index (χ1) is 6.65. The summed E-state index contributed by atoms with van der Waals surface area (Å²) in [5.74, 6) is -0.440. The number of primary amides is 1. The van der Waals surface area contributed by atoms with Gasteiger partial charge in [-0.15, -0.1) is 0 Å². The maximum Gasteiger partial charge on any atom is 0.255 e. The van der Waals surface area contributed by atoms with E-state index in [0.717, 1.165) is 0 Å². The van der Waals surface area contributed by atoms with Gasteiger partial charge in [0.15, 0.2) is 12.9 Å². The SMILES string of the molecule is NC(=O)COc1c(Cl)cccc1C=O. The van der Waals surface area contributed by atoms with E-state index < -0.39 is 5.91 Å². The third kappa shape index (κ3) is 2.47. The second kappa shape index (κ2) is 4.62. The molecular weight excluding hydrogens is 206 g/mol. The van der Waals surface area contributed by atoms with E-state index >= 15 is 0 Å². The average molecular weight is 214 g/mol. The number of carbonyl (C=O) groups excluding carboxylic acids is 2. The molecule has 0 heterocycles. The van der Waals surface area contributed by atoms with Crippen LogP contribution in [0.15, 0.2) is 18.2 Å². The molecule has 0 fully saturated rings. The molecule has 0 spiro atoms. The lowest BCUT2D eigenvalue weighted by Gasteiger charge is -2.07. The van der Waals surface area contributed by atoms with E-state index in [1.54, 1.807) is 12.1 Å². The highest BCUT2D eigenvalue weighted by molar-refractivity contribution is 6.32. The van der Waals surface area contributed by atoms with E-state index in [1.807, 2.05) is 0 Å². The molecule has 0 bridgehead atoms. The van der Waals surface area contributed by atoms with Gasteiger partial charge in [-0.2, -0.15) is 0 Å². The second-order valence-corrected chi connectivity index (χ2v) is 2.94. The lowest BCUT2D eigenvalue weighted by molar-refractivity contribution is -0.119. The molecule has 1 aromatic rings. The zero-order valence-corrected chi connectivity index (χ0v) is 7.95. The highest BCUT2D eigenvalue weighted by atomic mass is 35.5. The van der Waals surface area contributed by atoms with Crippen LogP contribution in [0.4, 0.5) is 0 Å². The van der Waals surface area contributed by atoms with Crippen LogP contribution >= 0.6 is 11.6 Å². The van der Waals surface area contributed by atoms with Crippen LogP contribution in [-0.2, 0) is 4.79 Å². The number of nitrogens with two attached hydrogens (primary N) is 1. The van der Waals surface area contributed by atoms with Crippen molar-refractivity contribution in [3.8, 4) is 5.75 Å². The minimum Gasteiger partial charge on any atom is -0.481 e. The van der Waals surface area contributed by atoms with Crippen molar-refractivity contribution in [2.24, 2.45) is 5.73 Å². The summed E-state index contributed by atoms with van der Waals surface area (Å²) < 4.78 is 4.98. The summed E-state index contributed by atoms with van der Waals surface area (Å²) in [6.45, 7) is -0.301. The van der Waals surface area contributed by atoms with Crippen molar-refractivity contribution in [3.63, 3.8) is 0 Å². The zero-order valence-electron chi connectivity index (χ0n) is 7.20. The molecule has 1 aromatic carbocycles. The molecule has 1 amide bonds. The van der Waals surface area contributed by atoms with Crippen molar-refractivity contribution in [2.45, 2.75) is 0 Å². The Labute approximate surface area is 85.6 Å². The first-order valence-corrected chi connectivity index (χ1v) is 4.17. The number of hydrogen-bond acceptors (Lipinski definition) is 3. The predicted molar refractivity (Wildman–Crippen MR) is 51.5 cm³/mol. The Morgan fingerprint density at radius 3 is 2.86 bits per heavy atom. The van der Waals surface area contributed by atoms with Gasteiger partial charge in [0.1, 0.15) is 5.75 Å². The van der Waals surface area contributed by atoms with Crippen LogP contribution in [0.2, 0.25) is 5.02 Å². The maximum atomic E-state index is 10.6. The summed E-state index contributed by atoms with van der Waals surface area (Å²) in [6, 6.07) is 4.71. The summed E-state index contributed by atoms with van der Waals surface area (Å²) in [5, 5.41) is 0.274. The van der Waals surface area contributed by atoms with Crippen molar-refractivity contribution in [2.75, 3.05) is 6.61 Å². The summed E-state index contributed by atoms with van der Waals surface area (Å²) in [4.78, 5) is 21.0. The second-order valence-electron chi connectivity index (χ2n) is 2.53. The normalized spacial score (nSPS) is 9.50. The van der Waals surface area contributed by atoms with E-state index in [4.69, 9.17) is 22.1 Å². The molecule has 0 radical (unpaired) electrons. The van der Waals surface area contributed by atoms with Gasteiger partial charge in [0.2, 0.25) is 0 Å². The fraction of sp³-hybridized carbons (Fsp3) is 0.111. The van der Waals surface area contributed by atoms with Crippen LogP contribution in [0.3, 0.4) is 0 Å². The average Bonchev–Trinajstić information content (AvgIpc) is 2.15. The Hall–Kier alpha value is -1.55. The molecule has 14 heavy (non-hydrogen) atoms. The molecule has 4 nitrogen and oxygen atoms in total. The number of aldehydes is 1. The molecule has 0 aromatic heterocycles. The first-order valence-electron chi connectivity index (χ1n) is 3.80. The van der Waals surface area contributed by atoms with Gasteiger partial charge < -0.3 is 10.5 Å². The fourth-order valence-electron chi connectivity index (χ4n) is 0.914. The molecule has 1 rings (SSSR count). The standard InChI is InChI=1S/C9H8ClNO3/c10-7-3-1-2-6(4-12)9(7)14-5-8(11)13/h1-4H,5H2,(H2,11,13). The lowest BCUT2D eigenvalue weighted by atomic mass is 10.2. The molecule has 2 N–H and O–H groups in total. The molecule has 0 unspecified atom stereocenters. The van der Waals surface area contributed by atoms with Crippen LogP contribution in [0, 0.1) is 0 Å². The topological polar surface area (TPSA) is 69.4 Å². The van der Waals surface area contributed by atoms with Crippen LogP contribution in [0.5, 0.6) is 5.75 Å². The number of para-hydroxylation sites is 1. The largest absolute Gasteiger partial charge is 0.481 e. The Bertz CT molecular complexity index is 365. The molecule has 0 aliphatic rings. The van der Waals surface area contributed by atoms with Gasteiger partial charge in [-0.05, 0) is 12.1 Å². The lowest BCUT2D eigenvalue weighted by Crippen LogP contribution is -2.20. The molecule has 5 heteroatoms. The van der Waals surface area contributed by atoms with E-state index in [9.17, 15) is 9.59 Å². The highest BCUT2D eigenvalue weighted by Gasteiger charge is 2.08. The Morgan fingerprint density at radius 2 is 2.29 bits per heavy atom. The van der Waals surface area contributed by atoms with E-state index in [1.165, 1.54) is 6.07 Å². The summed E-state index contributed by atoms with van der Waals surface area (Å²) >= 11 is 5.76. The van der Waals surface area contributed by atoms with Gasteiger partial charge in [0, 0.05) is 0 Å². The van der Waals surface area contributed by atoms with Gasteiger partial charge in [-0.1, -0.05) is 17.7 Å². The van der Waals surface area contributed by atoms with Gasteiger partial charge in [0.05, 0.1) is 10.6 Å². The van der Waals surface area contributed by atoms with Gasteiger partial charge >= 0.3 is 0 Å². The van der Waals surface area contributed by atoms with Gasteiger partial charge in [-0.3, -0.25) is 9.59 Å². The smallest absolute Gasteiger partial charge is 0.255 e. The number of carbonyl (C=O) groups is 2. The molecular formula is C9H8ClNO3. The van der Waals surface area contributed by atoms with Crippen LogP contribution in [-0.4, -0.2) is 18.8 Å². The van der Waals surface area contributed by atoms with Crippen LogP contribution in [0.1, 0.15) is 10.4 Å². The maximum absolute atomic E-state index is 10.6. The number of halogens is 1. The number of benzene rings is 1. The molecule has 0 saturated heterocycles. The summed E-state index contributed by atoms with van der Waals surface area (Å²) in [5.41, 5.74) is 5.18. The first kappa shape index (κ1) is 10.5. The summed E-state index contributed by atoms with van der Waals surface area (Å²) in [7, 11) is 0. The van der Waals surface area contributed by atoms with Crippen LogP contribution in [0.25, 0.3) is 0 Å². The van der Waals surface area contributed by atoms with Crippen LogP contribution < -0.4 is 10.5 Å². The van der Waals surface area contributed by atoms with E-state index in [0.29, 0.717) is 11.8 Å². The Morgan fingerprint density at radius 1 is 1.57 bits per heavy atom. The fourth-order valence-corrected chi connectivity index (χ4v) is 1.15. The molecule has 0 saturated carbocycles. The Balaban J connectivity index is 2.93. The van der Waals surface area contributed by atoms with Crippen molar-refractivity contribution >= 4 is 23.8 Å². The van der Waals surface area contributed by atoms with E-state index in [-0.39, 0.29) is 17.4 Å². The molecule has 74 valence electrons. The predicted octanol–water partition coefficient (Wildman–Crippen LogP) is 1.02. The number of rotatable bonds is 4. The summed E-state index contributed by atoms with van der Waals surface area (Å²) in [6.07, 6.45) is 0.599. The minimum atomic E-state index is -0.623. The van der Waals surface area contributed by atoms with Crippen molar-refractivity contribution in [1.82, 2.24) is 0 Å². The Kier molecular flexibility index (Phi) is 3.48. The third-order valence-electron chi connectivity index (χ3n) is 1.48. The van der Waals surface area contributed by atoms with Crippen molar-refractivity contribution < 1.29 is 14.3 Å². The number of hydrogen-bond donors (Lipinski definition) is 1. The third-order valence-corrected chi connectivity index (χ3v) is 1.78. The number of amides is 1. The minimum absolute atomic E-state index is 0.183. The molecule has 0 atom stereocenters. The molecule has 0 aliphatic carbocycles. The number of ether oxygens (including phenoxy) is 1. The van der Waals surface area contributed by atoms with Gasteiger partial charge in [0.25, 0.3) is 5.91 Å². The monoisotopic (exact) mass is 213 g/mol. The van der Waals surface area contributed by atoms with Gasteiger partial charge in [-0.25, -0.2) is 0 Å². The van der Waals surface area contributed by atoms with E-state index in [2.05, 4.69) is 0 Å². The molecule has 0 aliphatic heterocycles. The van der Waals surface area contributed by atoms with Crippen molar-refractivity contribution in [1.29, 1.82) is 0 Å². The van der Waals surface area contributed by atoms with Crippen molar-refractivity contribution in [3.05, 3.63) is 28.8 Å². The quantitative estimate of drug-likeness (QED) is 0.759. The highest BCUT2D eigenvalue weighted by Crippen LogP contribution is 2.27. The zero-order chi connectivity index (χ0) is 10.6.